The number of ether oxygens (including phenoxy) is 1. The molecule has 0 aromatic heterocycles. The van der Waals surface area contributed by atoms with Crippen LogP contribution in [0.2, 0.25) is 0 Å². The molecule has 1 atom stereocenters. The van der Waals surface area contributed by atoms with Gasteiger partial charge in [0.25, 0.3) is 0 Å². The third-order valence-electron chi connectivity index (χ3n) is 2.33. The Balaban J connectivity index is 2.82. The van der Waals surface area contributed by atoms with E-state index in [2.05, 4.69) is 0 Å². The number of aliphatic carboxylic acids is 1. The molecule has 4 heteroatoms. The number of hydrogen-bond donors (Lipinski definition) is 1. The van der Waals surface area contributed by atoms with Gasteiger partial charge in [0.1, 0.15) is 6.54 Å². The van der Waals surface area contributed by atoms with E-state index in [-0.39, 0.29) is 12.6 Å². The fourth-order valence-corrected chi connectivity index (χ4v) is 1.60. The maximum Gasteiger partial charge on any atom is 0.323 e. The van der Waals surface area contributed by atoms with E-state index in [9.17, 15) is 4.79 Å². The molecule has 0 spiro atoms. The molecule has 1 unspecified atom stereocenters. The lowest BCUT2D eigenvalue weighted by Crippen LogP contribution is -2.40. The molecule has 0 aliphatic carbocycles. The van der Waals surface area contributed by atoms with Crippen LogP contribution >= 0.6 is 0 Å². The number of nitrogens with zero attached hydrogens (tertiary/aromatic N) is 1. The van der Waals surface area contributed by atoms with Crippen LogP contribution in [0.1, 0.15) is 6.92 Å². The quantitative estimate of drug-likeness (QED) is 0.796. The van der Waals surface area contributed by atoms with Crippen LogP contribution in [0.15, 0.2) is 30.3 Å². The molecule has 88 valence electrons. The molecule has 0 heterocycles. The minimum absolute atomic E-state index is 0.0193. The number of methoxy groups -OCH3 is 1. The maximum absolute atomic E-state index is 10.8. The van der Waals surface area contributed by atoms with E-state index < -0.39 is 5.97 Å². The lowest BCUT2D eigenvalue weighted by Gasteiger charge is -2.29. The summed E-state index contributed by atoms with van der Waals surface area (Å²) >= 11 is 0. The van der Waals surface area contributed by atoms with Crippen molar-refractivity contribution >= 4 is 11.7 Å². The van der Waals surface area contributed by atoms with Crippen LogP contribution in [0.5, 0.6) is 0 Å². The van der Waals surface area contributed by atoms with E-state index >= 15 is 0 Å². The highest BCUT2D eigenvalue weighted by atomic mass is 16.5. The van der Waals surface area contributed by atoms with Gasteiger partial charge in [0.05, 0.1) is 12.6 Å². The first-order valence-electron chi connectivity index (χ1n) is 5.17. The largest absolute Gasteiger partial charge is 0.480 e. The average Bonchev–Trinajstić information content (AvgIpc) is 2.27. The fraction of sp³-hybridized carbons (Fsp3) is 0.417. The Morgan fingerprint density at radius 2 is 2.06 bits per heavy atom. The van der Waals surface area contributed by atoms with Crippen LogP contribution < -0.4 is 4.90 Å². The highest BCUT2D eigenvalue weighted by molar-refractivity contribution is 5.74. The van der Waals surface area contributed by atoms with Crippen LogP contribution in [0.4, 0.5) is 5.69 Å². The summed E-state index contributed by atoms with van der Waals surface area (Å²) in [7, 11) is 1.61. The summed E-state index contributed by atoms with van der Waals surface area (Å²) in [6.07, 6.45) is 0. The normalized spacial score (nSPS) is 12.1. The number of hydrogen-bond acceptors (Lipinski definition) is 3. The van der Waals surface area contributed by atoms with E-state index in [0.29, 0.717) is 6.61 Å². The third-order valence-corrected chi connectivity index (χ3v) is 2.33. The van der Waals surface area contributed by atoms with Crippen molar-refractivity contribution in [3.8, 4) is 0 Å². The van der Waals surface area contributed by atoms with Crippen molar-refractivity contribution < 1.29 is 14.6 Å². The smallest absolute Gasteiger partial charge is 0.323 e. The molecule has 4 nitrogen and oxygen atoms in total. The van der Waals surface area contributed by atoms with Gasteiger partial charge in [-0.1, -0.05) is 18.2 Å². The Labute approximate surface area is 95.5 Å². The summed E-state index contributed by atoms with van der Waals surface area (Å²) in [5.41, 5.74) is 0.898. The first-order valence-corrected chi connectivity index (χ1v) is 5.17. The zero-order chi connectivity index (χ0) is 12.0. The molecular formula is C12H17NO3. The minimum Gasteiger partial charge on any atom is -0.480 e. The van der Waals surface area contributed by atoms with Crippen LogP contribution in [0, 0.1) is 0 Å². The van der Waals surface area contributed by atoms with Gasteiger partial charge < -0.3 is 14.7 Å². The standard InChI is InChI=1S/C12H17NO3/c1-10(9-16-2)13(8-12(14)15)11-6-4-3-5-7-11/h3-7,10H,8-9H2,1-2H3,(H,14,15). The fourth-order valence-electron chi connectivity index (χ4n) is 1.60. The van der Waals surface area contributed by atoms with Crippen LogP contribution in [-0.4, -0.2) is 37.4 Å². The average molecular weight is 223 g/mol. The van der Waals surface area contributed by atoms with E-state index in [1.807, 2.05) is 42.2 Å². The molecule has 1 rings (SSSR count). The molecule has 1 N–H and O–H groups in total. The Hall–Kier alpha value is -1.55. The molecule has 0 bridgehead atoms. The lowest BCUT2D eigenvalue weighted by atomic mass is 10.2. The number of rotatable bonds is 6. The molecule has 0 saturated carbocycles. The second-order valence-electron chi connectivity index (χ2n) is 3.66. The number of benzene rings is 1. The monoisotopic (exact) mass is 223 g/mol. The highest BCUT2D eigenvalue weighted by Crippen LogP contribution is 2.16. The van der Waals surface area contributed by atoms with Crippen molar-refractivity contribution in [2.75, 3.05) is 25.2 Å². The molecule has 1 aromatic rings. The van der Waals surface area contributed by atoms with Gasteiger partial charge in [-0.15, -0.1) is 0 Å². The first kappa shape index (κ1) is 12.5. The second kappa shape index (κ2) is 6.12. The minimum atomic E-state index is -0.841. The lowest BCUT2D eigenvalue weighted by molar-refractivity contribution is -0.135. The first-order chi connectivity index (χ1) is 7.65. The number of carbonyl (C=O) groups is 1. The van der Waals surface area contributed by atoms with Gasteiger partial charge in [-0.2, -0.15) is 0 Å². The molecule has 1 aromatic carbocycles. The van der Waals surface area contributed by atoms with Gasteiger partial charge in [-0.25, -0.2) is 0 Å². The van der Waals surface area contributed by atoms with Crippen molar-refractivity contribution in [1.82, 2.24) is 0 Å². The summed E-state index contributed by atoms with van der Waals surface area (Å²) < 4.78 is 5.05. The van der Waals surface area contributed by atoms with Gasteiger partial charge in [-0.3, -0.25) is 4.79 Å². The van der Waals surface area contributed by atoms with Gasteiger partial charge in [-0.05, 0) is 19.1 Å². The topological polar surface area (TPSA) is 49.8 Å². The van der Waals surface area contributed by atoms with E-state index in [1.54, 1.807) is 7.11 Å². The highest BCUT2D eigenvalue weighted by Gasteiger charge is 2.16. The van der Waals surface area contributed by atoms with Crippen molar-refractivity contribution in [3.05, 3.63) is 30.3 Å². The van der Waals surface area contributed by atoms with Crippen molar-refractivity contribution in [2.24, 2.45) is 0 Å². The predicted molar refractivity (Wildman–Crippen MR) is 62.8 cm³/mol. The summed E-state index contributed by atoms with van der Waals surface area (Å²) in [5, 5.41) is 8.88. The van der Waals surface area contributed by atoms with E-state index in [4.69, 9.17) is 9.84 Å². The number of anilines is 1. The van der Waals surface area contributed by atoms with E-state index in [1.165, 1.54) is 0 Å². The summed E-state index contributed by atoms with van der Waals surface area (Å²) in [6.45, 7) is 2.43. The maximum atomic E-state index is 10.8. The Kier molecular flexibility index (Phi) is 4.79. The zero-order valence-corrected chi connectivity index (χ0v) is 9.59. The Morgan fingerprint density at radius 3 is 2.56 bits per heavy atom. The van der Waals surface area contributed by atoms with Crippen molar-refractivity contribution in [1.29, 1.82) is 0 Å². The predicted octanol–water partition coefficient (Wildman–Crippen LogP) is 1.61. The summed E-state index contributed by atoms with van der Waals surface area (Å²) in [6, 6.07) is 9.52. The Morgan fingerprint density at radius 1 is 1.44 bits per heavy atom. The third kappa shape index (κ3) is 3.55. The zero-order valence-electron chi connectivity index (χ0n) is 9.59. The summed E-state index contributed by atoms with van der Waals surface area (Å²) in [4.78, 5) is 12.6. The molecule has 16 heavy (non-hydrogen) atoms. The second-order valence-corrected chi connectivity index (χ2v) is 3.66. The Bertz CT molecular complexity index is 326. The molecule has 0 amide bonds. The molecule has 0 aliphatic heterocycles. The number of carboxylic acid groups (broad SMARTS) is 1. The van der Waals surface area contributed by atoms with Crippen molar-refractivity contribution in [2.45, 2.75) is 13.0 Å². The van der Waals surface area contributed by atoms with Gasteiger partial charge in [0, 0.05) is 12.8 Å². The van der Waals surface area contributed by atoms with Crippen LogP contribution in [0.25, 0.3) is 0 Å². The molecular weight excluding hydrogens is 206 g/mol. The van der Waals surface area contributed by atoms with Gasteiger partial charge >= 0.3 is 5.97 Å². The molecule has 0 fully saturated rings. The SMILES string of the molecule is COCC(C)N(CC(=O)O)c1ccccc1. The van der Waals surface area contributed by atoms with Gasteiger partial charge in [0.15, 0.2) is 0 Å². The van der Waals surface area contributed by atoms with Crippen molar-refractivity contribution in [3.63, 3.8) is 0 Å². The number of para-hydroxylation sites is 1. The molecule has 0 radical (unpaired) electrons. The molecule has 0 aliphatic rings. The van der Waals surface area contributed by atoms with Crippen LogP contribution in [-0.2, 0) is 9.53 Å². The van der Waals surface area contributed by atoms with E-state index in [0.717, 1.165) is 5.69 Å². The van der Waals surface area contributed by atoms with Crippen LogP contribution in [0.3, 0.4) is 0 Å². The van der Waals surface area contributed by atoms with Gasteiger partial charge in [0.2, 0.25) is 0 Å². The number of carboxylic acids is 1. The molecule has 0 saturated heterocycles. The summed E-state index contributed by atoms with van der Waals surface area (Å²) in [5.74, 6) is -0.841.